The Bertz CT molecular complexity index is 4540. The zero-order chi connectivity index (χ0) is 51.1. The summed E-state index contributed by atoms with van der Waals surface area (Å²) < 4.78 is 0. The molecule has 2 aromatic heterocycles. The number of nitrogens with zero attached hydrogens (tertiary/aromatic N) is 3. The first-order valence-electron chi connectivity index (χ1n) is 27.0. The number of benzene rings is 11. The van der Waals surface area contributed by atoms with Gasteiger partial charge in [-0.15, -0.1) is 0 Å². The first kappa shape index (κ1) is 43.2. The van der Waals surface area contributed by atoms with Crippen molar-refractivity contribution in [2.75, 3.05) is 0 Å². The highest BCUT2D eigenvalue weighted by Crippen LogP contribution is 2.65. The average molecular weight is 988 g/mol. The summed E-state index contributed by atoms with van der Waals surface area (Å²) >= 11 is 0. The maximum Gasteiger partial charge on any atom is 0.0979 e. The normalized spacial score (nSPS) is 13.8. The molecule has 0 radical (unpaired) electrons. The topological polar surface area (TPSA) is 38.7 Å². The number of pyridine rings is 1. The van der Waals surface area contributed by atoms with Gasteiger partial charge in [-0.1, -0.05) is 243 Å². The molecule has 0 atom stereocenters. The molecule has 2 heterocycles. The van der Waals surface area contributed by atoms with E-state index in [0.717, 1.165) is 67.1 Å². The molecule has 17 rings (SSSR count). The monoisotopic (exact) mass is 987 g/mol. The summed E-state index contributed by atoms with van der Waals surface area (Å²) in [6.45, 7) is 0. The van der Waals surface area contributed by atoms with E-state index in [1.54, 1.807) is 0 Å². The van der Waals surface area contributed by atoms with Crippen molar-refractivity contribution in [1.29, 1.82) is 0 Å². The Morgan fingerprint density at radius 3 is 0.910 bits per heavy atom. The summed E-state index contributed by atoms with van der Waals surface area (Å²) in [5.74, 6) is 0. The van der Waals surface area contributed by atoms with E-state index < -0.39 is 10.8 Å². The van der Waals surface area contributed by atoms with E-state index in [9.17, 15) is 0 Å². The molecule has 0 N–H and O–H groups in total. The van der Waals surface area contributed by atoms with Crippen LogP contribution in [-0.2, 0) is 10.8 Å². The largest absolute Gasteiger partial charge is 0.256 e. The lowest BCUT2D eigenvalue weighted by Crippen LogP contribution is -2.25. The van der Waals surface area contributed by atoms with Gasteiger partial charge in [0.2, 0.25) is 0 Å². The fraction of sp³-hybridized carbons (Fsp3) is 0.0267. The van der Waals surface area contributed by atoms with Crippen LogP contribution in [0.15, 0.2) is 273 Å². The van der Waals surface area contributed by atoms with Crippen molar-refractivity contribution in [3.05, 3.63) is 318 Å². The second-order valence-corrected chi connectivity index (χ2v) is 21.2. The summed E-state index contributed by atoms with van der Waals surface area (Å²) in [5, 5.41) is 0. The van der Waals surface area contributed by atoms with Gasteiger partial charge in [-0.05, 0) is 124 Å². The molecule has 360 valence electrons. The standard InChI is InChI=1S/C75H45N3/c1-2-18-47(19-3-1)70-71(48-35-33-46(34-36-48)69-32-16-17-43-76-69)78-73-52(50-38-40-60-58-25-9-15-31-66(58)75(68(60)45-50)63-28-12-6-22-55(63)56-23-7-13-29-64(56)75)42-41-51(72(73)77-70)49-37-39-59-57-24-8-14-30-65(57)74(67(59)44-49)61-26-10-4-20-53(61)54-21-5-11-27-62(54)74/h1-45H. The Balaban J connectivity index is 0.937. The SMILES string of the molecule is c1ccc(-c2nc3c(-c4ccc5c(c4)C4(c6ccccc6-c6ccccc64)c4ccccc4-5)ccc(-c4ccc5c(c4)C4(c6ccccc6-c6ccccc64)c4ccccc4-5)c3nc2-c2ccc(-c3ccccn3)cc2)cc1. The molecule has 0 saturated carbocycles. The Morgan fingerprint density at radius 2 is 0.526 bits per heavy atom. The molecule has 13 aromatic rings. The molecule has 3 heteroatoms. The van der Waals surface area contributed by atoms with E-state index >= 15 is 0 Å². The van der Waals surface area contributed by atoms with Gasteiger partial charge in [0.25, 0.3) is 0 Å². The fourth-order valence-electron chi connectivity index (χ4n) is 14.5. The van der Waals surface area contributed by atoms with Gasteiger partial charge in [0.1, 0.15) is 0 Å². The van der Waals surface area contributed by atoms with E-state index in [-0.39, 0.29) is 0 Å². The lowest BCUT2D eigenvalue weighted by atomic mass is 9.70. The van der Waals surface area contributed by atoms with Gasteiger partial charge in [0.05, 0.1) is 38.9 Å². The third kappa shape index (κ3) is 5.69. The van der Waals surface area contributed by atoms with Crippen LogP contribution in [0.3, 0.4) is 0 Å². The van der Waals surface area contributed by atoms with Crippen LogP contribution in [0.1, 0.15) is 44.5 Å². The van der Waals surface area contributed by atoms with Crippen molar-refractivity contribution < 1.29 is 0 Å². The van der Waals surface area contributed by atoms with Crippen LogP contribution in [0.4, 0.5) is 0 Å². The van der Waals surface area contributed by atoms with Crippen molar-refractivity contribution in [1.82, 2.24) is 15.0 Å². The van der Waals surface area contributed by atoms with Gasteiger partial charge in [-0.3, -0.25) is 4.98 Å². The Labute approximate surface area is 452 Å². The van der Waals surface area contributed by atoms with Gasteiger partial charge in [-0.25, -0.2) is 9.97 Å². The highest BCUT2D eigenvalue weighted by molar-refractivity contribution is 6.05. The molecule has 11 aromatic carbocycles. The highest BCUT2D eigenvalue weighted by atomic mass is 14.8. The van der Waals surface area contributed by atoms with Crippen LogP contribution in [0.25, 0.3) is 112 Å². The van der Waals surface area contributed by atoms with Gasteiger partial charge in [-0.2, -0.15) is 0 Å². The molecule has 0 amide bonds. The van der Waals surface area contributed by atoms with Crippen LogP contribution in [0.2, 0.25) is 0 Å². The Hall–Kier alpha value is -10.1. The van der Waals surface area contributed by atoms with Crippen molar-refractivity contribution in [3.8, 4) is 101 Å². The summed E-state index contributed by atoms with van der Waals surface area (Å²) in [6, 6.07) is 98.4. The molecule has 0 fully saturated rings. The second kappa shape index (κ2) is 16.2. The van der Waals surface area contributed by atoms with Crippen LogP contribution >= 0.6 is 0 Å². The molecular formula is C75H45N3. The maximum absolute atomic E-state index is 5.94. The molecule has 2 spiro atoms. The van der Waals surface area contributed by atoms with Gasteiger partial charge < -0.3 is 0 Å². The minimum absolute atomic E-state index is 0.490. The van der Waals surface area contributed by atoms with E-state index in [2.05, 4.69) is 260 Å². The minimum Gasteiger partial charge on any atom is -0.256 e. The van der Waals surface area contributed by atoms with Gasteiger partial charge in [0, 0.05) is 34.0 Å². The number of hydrogen-bond acceptors (Lipinski definition) is 3. The molecule has 0 saturated heterocycles. The maximum atomic E-state index is 5.94. The molecule has 0 unspecified atom stereocenters. The first-order chi connectivity index (χ1) is 38.7. The second-order valence-electron chi connectivity index (χ2n) is 21.2. The molecule has 0 bridgehead atoms. The fourth-order valence-corrected chi connectivity index (χ4v) is 14.5. The predicted octanol–water partition coefficient (Wildman–Crippen LogP) is 18.0. The lowest BCUT2D eigenvalue weighted by molar-refractivity contribution is 0.794. The van der Waals surface area contributed by atoms with Crippen molar-refractivity contribution >= 4 is 11.0 Å². The van der Waals surface area contributed by atoms with Crippen LogP contribution in [0.5, 0.6) is 0 Å². The van der Waals surface area contributed by atoms with E-state index in [4.69, 9.17) is 9.97 Å². The molecule has 78 heavy (non-hydrogen) atoms. The highest BCUT2D eigenvalue weighted by Gasteiger charge is 2.53. The lowest BCUT2D eigenvalue weighted by Gasteiger charge is -2.31. The summed E-state index contributed by atoms with van der Waals surface area (Å²) in [6.07, 6.45) is 1.85. The first-order valence-corrected chi connectivity index (χ1v) is 27.0. The zero-order valence-electron chi connectivity index (χ0n) is 42.3. The average Bonchev–Trinajstić information content (AvgIpc) is 3.23. The number of fused-ring (bicyclic) bond motifs is 21. The summed E-state index contributed by atoms with van der Waals surface area (Å²) in [4.78, 5) is 16.5. The molecule has 3 nitrogen and oxygen atoms in total. The third-order valence-electron chi connectivity index (χ3n) is 17.6. The van der Waals surface area contributed by atoms with E-state index in [1.165, 1.54) is 89.0 Å². The van der Waals surface area contributed by atoms with Crippen LogP contribution in [0, 0.1) is 0 Å². The number of aromatic nitrogens is 3. The summed E-state index contributed by atoms with van der Waals surface area (Å²) in [5.41, 5.74) is 31.3. The third-order valence-corrected chi connectivity index (χ3v) is 17.6. The van der Waals surface area contributed by atoms with Crippen molar-refractivity contribution in [2.45, 2.75) is 10.8 Å². The van der Waals surface area contributed by atoms with Crippen molar-refractivity contribution in [3.63, 3.8) is 0 Å². The van der Waals surface area contributed by atoms with E-state index in [1.807, 2.05) is 18.3 Å². The quantitative estimate of drug-likeness (QED) is 0.172. The molecule has 0 aliphatic heterocycles. The molecular weight excluding hydrogens is 943 g/mol. The molecule has 4 aliphatic carbocycles. The number of rotatable bonds is 5. The smallest absolute Gasteiger partial charge is 0.0979 e. The molecule has 4 aliphatic rings. The number of hydrogen-bond donors (Lipinski definition) is 0. The van der Waals surface area contributed by atoms with Gasteiger partial charge in [0.15, 0.2) is 0 Å². The predicted molar refractivity (Wildman–Crippen MR) is 317 cm³/mol. The van der Waals surface area contributed by atoms with Gasteiger partial charge >= 0.3 is 0 Å². The van der Waals surface area contributed by atoms with E-state index in [0.29, 0.717) is 0 Å². The Morgan fingerprint density at radius 1 is 0.218 bits per heavy atom. The summed E-state index contributed by atoms with van der Waals surface area (Å²) in [7, 11) is 0. The minimum atomic E-state index is -0.493. The zero-order valence-corrected chi connectivity index (χ0v) is 42.3. The van der Waals surface area contributed by atoms with Crippen LogP contribution in [-0.4, -0.2) is 15.0 Å². The van der Waals surface area contributed by atoms with Crippen molar-refractivity contribution in [2.24, 2.45) is 0 Å². The van der Waals surface area contributed by atoms with Crippen LogP contribution < -0.4 is 0 Å². The Kier molecular flexibility index (Phi) is 8.97.